The summed E-state index contributed by atoms with van der Waals surface area (Å²) in [7, 11) is 1.55. The number of carbonyl (C=O) groups is 1. The standard InChI is InChI=1S/C23H31FN2O4S/c1-3-9-25(13-18(27)15-29-2)14-23(28)26-10-7-22-20(8-11-31-22)21(26)16-30-19-6-4-5-17(24)12-19/h4-6,8,11-12,18,21,27H,3,7,9-10,13-16H2,1-2H3/t18-,21+/m1/s1. The first-order chi connectivity index (χ1) is 15.0. The zero-order valence-electron chi connectivity index (χ0n) is 18.1. The molecule has 0 spiro atoms. The molecular formula is C23H31FN2O4S. The summed E-state index contributed by atoms with van der Waals surface area (Å²) in [5, 5.41) is 12.2. The van der Waals surface area contributed by atoms with Gasteiger partial charge in [0.25, 0.3) is 0 Å². The van der Waals surface area contributed by atoms with Crippen LogP contribution in [0, 0.1) is 5.82 Å². The quantitative estimate of drug-likeness (QED) is 0.570. The highest BCUT2D eigenvalue weighted by Gasteiger charge is 2.33. The largest absolute Gasteiger partial charge is 0.491 e. The van der Waals surface area contributed by atoms with Crippen molar-refractivity contribution >= 4 is 17.2 Å². The topological polar surface area (TPSA) is 62.2 Å². The van der Waals surface area contributed by atoms with Crippen LogP contribution in [0.15, 0.2) is 35.7 Å². The monoisotopic (exact) mass is 450 g/mol. The van der Waals surface area contributed by atoms with Gasteiger partial charge in [0.05, 0.1) is 25.3 Å². The van der Waals surface area contributed by atoms with E-state index in [9.17, 15) is 14.3 Å². The van der Waals surface area contributed by atoms with E-state index < -0.39 is 6.10 Å². The van der Waals surface area contributed by atoms with Crippen molar-refractivity contribution in [3.63, 3.8) is 0 Å². The summed E-state index contributed by atoms with van der Waals surface area (Å²) in [6.45, 7) is 4.49. The zero-order valence-corrected chi connectivity index (χ0v) is 18.9. The average molecular weight is 451 g/mol. The summed E-state index contributed by atoms with van der Waals surface area (Å²) in [4.78, 5) is 18.4. The highest BCUT2D eigenvalue weighted by atomic mass is 32.1. The Hall–Kier alpha value is -2.00. The Morgan fingerprint density at radius 2 is 2.26 bits per heavy atom. The maximum absolute atomic E-state index is 13.5. The SMILES string of the molecule is CCCN(CC(=O)N1CCc2sccc2[C@@H]1COc1cccc(F)c1)C[C@@H](O)COC. The van der Waals surface area contributed by atoms with Gasteiger partial charge in [-0.2, -0.15) is 0 Å². The number of benzene rings is 1. The number of ether oxygens (including phenoxy) is 2. The van der Waals surface area contributed by atoms with E-state index in [1.807, 2.05) is 28.2 Å². The first kappa shape index (κ1) is 23.7. The second-order valence-corrected chi connectivity index (χ2v) is 8.77. The molecule has 31 heavy (non-hydrogen) atoms. The molecule has 1 aliphatic heterocycles. The predicted octanol–water partition coefficient (Wildman–Crippen LogP) is 3.11. The third-order valence-corrected chi connectivity index (χ3v) is 6.34. The molecule has 2 atom stereocenters. The van der Waals surface area contributed by atoms with Crippen LogP contribution in [0.4, 0.5) is 4.39 Å². The number of aliphatic hydroxyl groups excluding tert-OH is 1. The highest BCUT2D eigenvalue weighted by Crippen LogP contribution is 2.34. The van der Waals surface area contributed by atoms with E-state index in [0.717, 1.165) is 18.4 Å². The van der Waals surface area contributed by atoms with Gasteiger partial charge in [0.15, 0.2) is 0 Å². The van der Waals surface area contributed by atoms with E-state index in [4.69, 9.17) is 9.47 Å². The Balaban J connectivity index is 1.71. The fraction of sp³-hybridized carbons (Fsp3) is 0.522. The van der Waals surface area contributed by atoms with Crippen LogP contribution in [0.2, 0.25) is 0 Å². The summed E-state index contributed by atoms with van der Waals surface area (Å²) in [5.41, 5.74) is 1.10. The molecule has 0 unspecified atom stereocenters. The second kappa shape index (κ2) is 11.6. The van der Waals surface area contributed by atoms with Crippen molar-refractivity contribution in [2.75, 3.05) is 46.5 Å². The van der Waals surface area contributed by atoms with Gasteiger partial charge < -0.3 is 19.5 Å². The summed E-state index contributed by atoms with van der Waals surface area (Å²) < 4.78 is 24.4. The highest BCUT2D eigenvalue weighted by molar-refractivity contribution is 7.10. The van der Waals surface area contributed by atoms with Crippen molar-refractivity contribution in [1.82, 2.24) is 9.80 Å². The van der Waals surface area contributed by atoms with Crippen molar-refractivity contribution in [3.8, 4) is 5.75 Å². The number of rotatable bonds is 11. The smallest absolute Gasteiger partial charge is 0.237 e. The number of nitrogens with zero attached hydrogens (tertiary/aromatic N) is 2. The number of amides is 1. The number of carbonyl (C=O) groups excluding carboxylic acids is 1. The molecule has 0 fully saturated rings. The van der Waals surface area contributed by atoms with E-state index in [1.54, 1.807) is 30.6 Å². The Bertz CT molecular complexity index is 846. The summed E-state index contributed by atoms with van der Waals surface area (Å²) in [5.74, 6) is 0.0999. The molecule has 8 heteroatoms. The van der Waals surface area contributed by atoms with Gasteiger partial charge in [0.1, 0.15) is 18.2 Å². The lowest BCUT2D eigenvalue weighted by Crippen LogP contribution is -2.48. The van der Waals surface area contributed by atoms with Crippen LogP contribution in [0.3, 0.4) is 0 Å². The Morgan fingerprint density at radius 1 is 1.42 bits per heavy atom. The van der Waals surface area contributed by atoms with Crippen LogP contribution in [-0.4, -0.2) is 73.4 Å². The maximum atomic E-state index is 13.5. The molecule has 170 valence electrons. The lowest BCUT2D eigenvalue weighted by atomic mass is 10.0. The number of halogens is 1. The van der Waals surface area contributed by atoms with Crippen LogP contribution < -0.4 is 4.74 Å². The molecular weight excluding hydrogens is 419 g/mol. The normalized spacial score (nSPS) is 16.9. The van der Waals surface area contributed by atoms with Gasteiger partial charge in [-0.25, -0.2) is 4.39 Å². The van der Waals surface area contributed by atoms with Gasteiger partial charge in [-0.15, -0.1) is 11.3 Å². The second-order valence-electron chi connectivity index (χ2n) is 7.76. The maximum Gasteiger partial charge on any atom is 0.237 e. The molecule has 0 bridgehead atoms. The molecule has 0 saturated carbocycles. The van der Waals surface area contributed by atoms with Crippen molar-refractivity contribution in [3.05, 3.63) is 52.0 Å². The van der Waals surface area contributed by atoms with E-state index in [0.29, 0.717) is 25.4 Å². The molecule has 1 aromatic carbocycles. The number of fused-ring (bicyclic) bond motifs is 1. The van der Waals surface area contributed by atoms with Crippen molar-refractivity contribution in [1.29, 1.82) is 0 Å². The number of hydrogen-bond acceptors (Lipinski definition) is 6. The fourth-order valence-electron chi connectivity index (χ4n) is 3.98. The van der Waals surface area contributed by atoms with Gasteiger partial charge in [-0.05, 0) is 48.5 Å². The molecule has 1 N–H and O–H groups in total. The lowest BCUT2D eigenvalue weighted by molar-refractivity contribution is -0.136. The number of aliphatic hydroxyl groups is 1. The summed E-state index contributed by atoms with van der Waals surface area (Å²) in [6, 6.07) is 7.87. The Labute approximate surface area is 187 Å². The molecule has 1 amide bonds. The minimum absolute atomic E-state index is 0.00255. The molecule has 1 aliphatic rings. The first-order valence-corrected chi connectivity index (χ1v) is 11.5. The van der Waals surface area contributed by atoms with Crippen LogP contribution in [0.1, 0.15) is 29.8 Å². The first-order valence-electron chi connectivity index (χ1n) is 10.6. The van der Waals surface area contributed by atoms with Crippen LogP contribution in [0.5, 0.6) is 5.75 Å². The number of methoxy groups -OCH3 is 1. The van der Waals surface area contributed by atoms with Gasteiger partial charge in [0.2, 0.25) is 5.91 Å². The third kappa shape index (κ3) is 6.49. The molecule has 0 aliphatic carbocycles. The van der Waals surface area contributed by atoms with E-state index >= 15 is 0 Å². The van der Waals surface area contributed by atoms with Gasteiger partial charge in [0, 0.05) is 31.1 Å². The van der Waals surface area contributed by atoms with Gasteiger partial charge in [-0.3, -0.25) is 9.69 Å². The predicted molar refractivity (Wildman–Crippen MR) is 119 cm³/mol. The molecule has 0 saturated heterocycles. The number of thiophene rings is 1. The van der Waals surface area contributed by atoms with Crippen molar-refractivity contribution in [2.45, 2.75) is 31.9 Å². The fourth-order valence-corrected chi connectivity index (χ4v) is 4.91. The molecule has 6 nitrogen and oxygen atoms in total. The zero-order chi connectivity index (χ0) is 22.2. The molecule has 2 aromatic rings. The van der Waals surface area contributed by atoms with E-state index in [-0.39, 0.29) is 37.5 Å². The molecule has 1 aromatic heterocycles. The lowest BCUT2D eigenvalue weighted by Gasteiger charge is -2.37. The summed E-state index contributed by atoms with van der Waals surface area (Å²) in [6.07, 6.45) is 1.06. The minimum atomic E-state index is -0.638. The third-order valence-electron chi connectivity index (χ3n) is 5.35. The molecule has 3 rings (SSSR count). The Kier molecular flexibility index (Phi) is 8.83. The van der Waals surface area contributed by atoms with Gasteiger partial charge in [-0.1, -0.05) is 13.0 Å². The van der Waals surface area contributed by atoms with Crippen LogP contribution in [0.25, 0.3) is 0 Å². The molecule has 0 radical (unpaired) electrons. The van der Waals surface area contributed by atoms with Crippen LogP contribution >= 0.6 is 11.3 Å². The minimum Gasteiger partial charge on any atom is -0.491 e. The van der Waals surface area contributed by atoms with Crippen molar-refractivity contribution in [2.24, 2.45) is 0 Å². The number of hydrogen-bond donors (Lipinski definition) is 1. The van der Waals surface area contributed by atoms with Crippen molar-refractivity contribution < 1.29 is 23.8 Å². The van der Waals surface area contributed by atoms with Gasteiger partial charge >= 0.3 is 0 Å². The van der Waals surface area contributed by atoms with E-state index in [1.165, 1.54) is 17.0 Å². The average Bonchev–Trinajstić information content (AvgIpc) is 3.21. The summed E-state index contributed by atoms with van der Waals surface area (Å²) >= 11 is 1.69. The molecule has 2 heterocycles. The Morgan fingerprint density at radius 3 is 3.00 bits per heavy atom. The van der Waals surface area contributed by atoms with Crippen LogP contribution in [-0.2, 0) is 16.0 Å². The van der Waals surface area contributed by atoms with E-state index in [2.05, 4.69) is 0 Å².